The summed E-state index contributed by atoms with van der Waals surface area (Å²) >= 11 is 0. The van der Waals surface area contributed by atoms with E-state index in [9.17, 15) is 9.59 Å². The highest BCUT2D eigenvalue weighted by atomic mass is 16.5. The molecule has 1 heterocycles. The number of hydroxylamine groups is 1. The van der Waals surface area contributed by atoms with E-state index in [0.29, 0.717) is 13.1 Å². The number of benzene rings is 2. The van der Waals surface area contributed by atoms with Gasteiger partial charge < -0.3 is 0 Å². The Labute approximate surface area is 145 Å². The molecule has 0 radical (unpaired) electrons. The molecule has 1 fully saturated rings. The van der Waals surface area contributed by atoms with Crippen molar-refractivity contribution in [3.05, 3.63) is 65.7 Å². The summed E-state index contributed by atoms with van der Waals surface area (Å²) in [6.07, 6.45) is 2.79. The standard InChI is InChI=1S/C19H19N3O3/c1-14-6-9-16(10-7-14)21-12-13-22(19(21)24)17-5-3-2-4-15(17)8-11-18(23)20-25/h2-11,25H,12-13H2,1H3,(H,20,23)/b11-8+. The van der Waals surface area contributed by atoms with Gasteiger partial charge in [0.05, 0.1) is 5.69 Å². The molecule has 6 heteroatoms. The number of nitrogens with one attached hydrogen (secondary N) is 1. The van der Waals surface area contributed by atoms with Crippen LogP contribution in [-0.4, -0.2) is 30.2 Å². The van der Waals surface area contributed by atoms with Crippen LogP contribution in [0.1, 0.15) is 11.1 Å². The number of hydrogen-bond acceptors (Lipinski definition) is 3. The van der Waals surface area contributed by atoms with Crippen molar-refractivity contribution < 1.29 is 14.8 Å². The maximum atomic E-state index is 12.8. The summed E-state index contributed by atoms with van der Waals surface area (Å²) in [5.74, 6) is -0.621. The van der Waals surface area contributed by atoms with Gasteiger partial charge in [0.2, 0.25) is 0 Å². The third-order valence-electron chi connectivity index (χ3n) is 4.11. The van der Waals surface area contributed by atoms with E-state index in [2.05, 4.69) is 0 Å². The van der Waals surface area contributed by atoms with Crippen molar-refractivity contribution in [3.63, 3.8) is 0 Å². The second-order valence-corrected chi connectivity index (χ2v) is 5.79. The zero-order chi connectivity index (χ0) is 17.8. The maximum absolute atomic E-state index is 12.8. The lowest BCUT2D eigenvalue weighted by atomic mass is 10.1. The first-order chi connectivity index (χ1) is 12.1. The number of urea groups is 1. The van der Waals surface area contributed by atoms with E-state index in [0.717, 1.165) is 22.5 Å². The molecule has 0 atom stereocenters. The molecule has 2 aromatic carbocycles. The quantitative estimate of drug-likeness (QED) is 0.512. The van der Waals surface area contributed by atoms with E-state index in [4.69, 9.17) is 5.21 Å². The van der Waals surface area contributed by atoms with Crippen molar-refractivity contribution in [1.29, 1.82) is 0 Å². The lowest BCUT2D eigenvalue weighted by Crippen LogP contribution is -2.32. The van der Waals surface area contributed by atoms with Gasteiger partial charge >= 0.3 is 6.03 Å². The normalized spacial score (nSPS) is 14.4. The molecule has 0 unspecified atom stereocenters. The van der Waals surface area contributed by atoms with Crippen LogP contribution in [0.4, 0.5) is 16.2 Å². The minimum atomic E-state index is -0.621. The number of aryl methyl sites for hydroxylation is 1. The lowest BCUT2D eigenvalue weighted by molar-refractivity contribution is -0.124. The van der Waals surface area contributed by atoms with Crippen LogP contribution in [-0.2, 0) is 4.79 Å². The third kappa shape index (κ3) is 3.54. The predicted octanol–water partition coefficient (Wildman–Crippen LogP) is 2.96. The lowest BCUT2D eigenvalue weighted by Gasteiger charge is -2.20. The molecule has 3 rings (SSSR count). The molecule has 0 aliphatic carbocycles. The number of amides is 3. The Morgan fingerprint density at radius 1 is 1.08 bits per heavy atom. The van der Waals surface area contributed by atoms with Crippen LogP contribution in [0.15, 0.2) is 54.6 Å². The number of anilines is 2. The van der Waals surface area contributed by atoms with Crippen LogP contribution in [0.2, 0.25) is 0 Å². The van der Waals surface area contributed by atoms with Gasteiger partial charge in [-0.2, -0.15) is 0 Å². The minimum Gasteiger partial charge on any atom is -0.292 e. The van der Waals surface area contributed by atoms with Gasteiger partial charge in [-0.1, -0.05) is 35.9 Å². The molecule has 0 spiro atoms. The van der Waals surface area contributed by atoms with E-state index in [1.54, 1.807) is 21.4 Å². The predicted molar refractivity (Wildman–Crippen MR) is 96.7 cm³/mol. The van der Waals surface area contributed by atoms with Crippen LogP contribution in [0, 0.1) is 6.92 Å². The number of carbonyl (C=O) groups excluding carboxylic acids is 2. The second kappa shape index (κ2) is 7.19. The minimum absolute atomic E-state index is 0.101. The fourth-order valence-corrected chi connectivity index (χ4v) is 2.80. The summed E-state index contributed by atoms with van der Waals surface area (Å²) in [6.45, 7) is 3.16. The van der Waals surface area contributed by atoms with Crippen molar-refractivity contribution >= 4 is 29.4 Å². The van der Waals surface area contributed by atoms with E-state index in [1.807, 2.05) is 55.5 Å². The van der Waals surface area contributed by atoms with Crippen LogP contribution in [0.3, 0.4) is 0 Å². The molecular weight excluding hydrogens is 318 g/mol. The monoisotopic (exact) mass is 337 g/mol. The number of hydrogen-bond donors (Lipinski definition) is 2. The molecule has 0 bridgehead atoms. The Morgan fingerprint density at radius 3 is 2.48 bits per heavy atom. The molecule has 1 saturated heterocycles. The first-order valence-electron chi connectivity index (χ1n) is 7.97. The molecule has 6 nitrogen and oxygen atoms in total. The highest BCUT2D eigenvalue weighted by Crippen LogP contribution is 2.28. The maximum Gasteiger partial charge on any atom is 0.329 e. The molecule has 3 amide bonds. The van der Waals surface area contributed by atoms with Gasteiger partial charge in [-0.05, 0) is 36.8 Å². The van der Waals surface area contributed by atoms with Crippen molar-refractivity contribution in [2.75, 3.05) is 22.9 Å². The average molecular weight is 337 g/mol. The van der Waals surface area contributed by atoms with Crippen LogP contribution in [0.5, 0.6) is 0 Å². The highest BCUT2D eigenvalue weighted by molar-refractivity contribution is 6.07. The fourth-order valence-electron chi connectivity index (χ4n) is 2.80. The van der Waals surface area contributed by atoms with Gasteiger partial charge in [-0.3, -0.25) is 19.8 Å². The molecule has 128 valence electrons. The Bertz CT molecular complexity index is 815. The van der Waals surface area contributed by atoms with Crippen molar-refractivity contribution in [3.8, 4) is 0 Å². The zero-order valence-corrected chi connectivity index (χ0v) is 13.8. The SMILES string of the molecule is Cc1ccc(N2CCN(c3ccccc3/C=C/C(=O)NO)C2=O)cc1. The number of rotatable bonds is 4. The summed E-state index contributed by atoms with van der Waals surface area (Å²) < 4.78 is 0. The summed E-state index contributed by atoms with van der Waals surface area (Å²) in [5.41, 5.74) is 5.01. The van der Waals surface area contributed by atoms with Crippen LogP contribution in [0.25, 0.3) is 6.08 Å². The summed E-state index contributed by atoms with van der Waals surface area (Å²) in [7, 11) is 0. The molecule has 0 saturated carbocycles. The Kier molecular flexibility index (Phi) is 4.81. The number of carbonyl (C=O) groups is 2. The number of para-hydroxylation sites is 1. The Morgan fingerprint density at radius 2 is 1.76 bits per heavy atom. The number of nitrogens with zero attached hydrogens (tertiary/aromatic N) is 2. The van der Waals surface area contributed by atoms with Crippen LogP contribution < -0.4 is 15.3 Å². The van der Waals surface area contributed by atoms with E-state index < -0.39 is 5.91 Å². The third-order valence-corrected chi connectivity index (χ3v) is 4.11. The van der Waals surface area contributed by atoms with Crippen molar-refractivity contribution in [2.45, 2.75) is 6.92 Å². The van der Waals surface area contributed by atoms with Crippen molar-refractivity contribution in [1.82, 2.24) is 5.48 Å². The zero-order valence-electron chi connectivity index (χ0n) is 13.8. The topological polar surface area (TPSA) is 72.9 Å². The molecule has 0 aromatic heterocycles. The van der Waals surface area contributed by atoms with Crippen molar-refractivity contribution in [2.24, 2.45) is 0 Å². The molecular formula is C19H19N3O3. The smallest absolute Gasteiger partial charge is 0.292 e. The van der Waals surface area contributed by atoms with Gasteiger partial charge in [-0.15, -0.1) is 0 Å². The fraction of sp³-hybridized carbons (Fsp3) is 0.158. The van der Waals surface area contributed by atoms with Gasteiger partial charge in [0.25, 0.3) is 5.91 Å². The van der Waals surface area contributed by atoms with E-state index in [1.165, 1.54) is 6.08 Å². The second-order valence-electron chi connectivity index (χ2n) is 5.79. The van der Waals surface area contributed by atoms with Gasteiger partial charge in [0.15, 0.2) is 0 Å². The van der Waals surface area contributed by atoms with E-state index in [-0.39, 0.29) is 6.03 Å². The first-order valence-corrected chi connectivity index (χ1v) is 7.97. The molecule has 2 aromatic rings. The van der Waals surface area contributed by atoms with Crippen LogP contribution >= 0.6 is 0 Å². The summed E-state index contributed by atoms with van der Waals surface area (Å²) in [6, 6.07) is 15.1. The highest BCUT2D eigenvalue weighted by Gasteiger charge is 2.31. The summed E-state index contributed by atoms with van der Waals surface area (Å²) in [5, 5.41) is 8.59. The largest absolute Gasteiger partial charge is 0.329 e. The van der Waals surface area contributed by atoms with Gasteiger partial charge in [-0.25, -0.2) is 10.3 Å². The van der Waals surface area contributed by atoms with E-state index >= 15 is 0 Å². The average Bonchev–Trinajstić information content (AvgIpc) is 3.02. The Balaban J connectivity index is 1.86. The molecule has 2 N–H and O–H groups in total. The Hall–Kier alpha value is -3.12. The van der Waals surface area contributed by atoms with Gasteiger partial charge in [0, 0.05) is 24.9 Å². The summed E-state index contributed by atoms with van der Waals surface area (Å²) in [4.78, 5) is 27.5. The molecule has 25 heavy (non-hydrogen) atoms. The molecule has 1 aliphatic rings. The van der Waals surface area contributed by atoms with Gasteiger partial charge in [0.1, 0.15) is 0 Å². The first kappa shape index (κ1) is 16.7. The molecule has 1 aliphatic heterocycles.